The van der Waals surface area contributed by atoms with Crippen molar-refractivity contribution in [1.29, 1.82) is 0 Å². The van der Waals surface area contributed by atoms with Gasteiger partial charge in [-0.2, -0.15) is 4.98 Å². The molecule has 0 aliphatic carbocycles. The Morgan fingerprint density at radius 2 is 2.17 bits per heavy atom. The molecular formula is C10H4Br2ClNO3S. The number of carboxylic acids is 1. The van der Waals surface area contributed by atoms with Crippen LogP contribution in [0.25, 0.3) is 0 Å². The summed E-state index contributed by atoms with van der Waals surface area (Å²) >= 11 is 13.2. The zero-order valence-electron chi connectivity index (χ0n) is 8.49. The maximum atomic E-state index is 10.8. The number of aromatic carboxylic acids is 1. The number of nitrogens with zero attached hydrogens (tertiary/aromatic N) is 1. The summed E-state index contributed by atoms with van der Waals surface area (Å²) in [5.74, 6) is -0.595. The van der Waals surface area contributed by atoms with Crippen LogP contribution in [-0.2, 0) is 0 Å². The van der Waals surface area contributed by atoms with Gasteiger partial charge in [-0.1, -0.05) is 38.9 Å². The van der Waals surface area contributed by atoms with Crippen LogP contribution in [0.1, 0.15) is 9.67 Å². The number of thiazole rings is 1. The second-order valence-corrected chi connectivity index (χ2v) is 6.17. The maximum Gasteiger partial charge on any atom is 0.349 e. The number of benzene rings is 1. The third-order valence-corrected chi connectivity index (χ3v) is 4.27. The van der Waals surface area contributed by atoms with E-state index in [-0.39, 0.29) is 15.2 Å². The molecule has 0 amide bonds. The van der Waals surface area contributed by atoms with Gasteiger partial charge >= 0.3 is 5.97 Å². The summed E-state index contributed by atoms with van der Waals surface area (Å²) in [6.45, 7) is 0. The van der Waals surface area contributed by atoms with Crippen molar-refractivity contribution < 1.29 is 14.6 Å². The zero-order valence-corrected chi connectivity index (χ0v) is 13.2. The molecule has 8 heteroatoms. The van der Waals surface area contributed by atoms with Crippen LogP contribution in [0.15, 0.2) is 27.1 Å². The second kappa shape index (κ2) is 5.56. The molecule has 1 N–H and O–H groups in total. The quantitative estimate of drug-likeness (QED) is 0.784. The fourth-order valence-electron chi connectivity index (χ4n) is 1.11. The fourth-order valence-corrected chi connectivity index (χ4v) is 3.22. The van der Waals surface area contributed by atoms with Crippen molar-refractivity contribution in [2.75, 3.05) is 0 Å². The van der Waals surface area contributed by atoms with Crippen molar-refractivity contribution in [2.45, 2.75) is 0 Å². The molecule has 94 valence electrons. The minimum Gasteiger partial charge on any atom is -0.477 e. The van der Waals surface area contributed by atoms with E-state index in [1.54, 1.807) is 12.1 Å². The van der Waals surface area contributed by atoms with Crippen LogP contribution in [0, 0.1) is 0 Å². The lowest BCUT2D eigenvalue weighted by Crippen LogP contribution is -1.91. The van der Waals surface area contributed by atoms with Crippen molar-refractivity contribution in [3.05, 3.63) is 37.2 Å². The van der Waals surface area contributed by atoms with Gasteiger partial charge in [-0.15, -0.1) is 0 Å². The number of ether oxygens (including phenoxy) is 1. The first-order valence-corrected chi connectivity index (χ1v) is 7.28. The van der Waals surface area contributed by atoms with E-state index in [0.717, 1.165) is 20.3 Å². The molecule has 0 fully saturated rings. The van der Waals surface area contributed by atoms with Crippen molar-refractivity contribution in [3.8, 4) is 10.9 Å². The Labute approximate surface area is 128 Å². The molecule has 0 saturated heterocycles. The third kappa shape index (κ3) is 3.03. The number of hydrogen-bond donors (Lipinski definition) is 1. The third-order valence-electron chi connectivity index (χ3n) is 1.85. The van der Waals surface area contributed by atoms with Crippen LogP contribution in [0.2, 0.25) is 5.15 Å². The van der Waals surface area contributed by atoms with Gasteiger partial charge in [0.2, 0.25) is 0 Å². The largest absolute Gasteiger partial charge is 0.477 e. The lowest BCUT2D eigenvalue weighted by atomic mass is 10.3. The predicted octanol–water partition coefficient (Wildman–Crippen LogP) is 4.81. The Morgan fingerprint density at radius 3 is 2.72 bits per heavy atom. The standard InChI is InChI=1S/C10H4Br2ClNO3S/c11-4-1-2-6(5(12)3-4)17-10-14-8(13)7(18-10)9(15)16/h1-3H,(H,15,16). The molecule has 1 aromatic heterocycles. The number of aromatic nitrogens is 1. The summed E-state index contributed by atoms with van der Waals surface area (Å²) in [5, 5.41) is 8.96. The first kappa shape index (κ1) is 13.8. The van der Waals surface area contributed by atoms with E-state index in [9.17, 15) is 4.79 Å². The van der Waals surface area contributed by atoms with Gasteiger partial charge in [0, 0.05) is 4.47 Å². The van der Waals surface area contributed by atoms with Crippen LogP contribution >= 0.6 is 54.8 Å². The van der Waals surface area contributed by atoms with Crippen molar-refractivity contribution in [1.82, 2.24) is 4.98 Å². The first-order chi connectivity index (χ1) is 8.47. The number of carboxylic acid groups (broad SMARTS) is 1. The van der Waals surface area contributed by atoms with Gasteiger partial charge in [0.15, 0.2) is 10.0 Å². The van der Waals surface area contributed by atoms with Crippen LogP contribution in [0.4, 0.5) is 0 Å². The summed E-state index contributed by atoms with van der Waals surface area (Å²) in [6, 6.07) is 5.33. The van der Waals surface area contributed by atoms with Crippen LogP contribution in [0.3, 0.4) is 0 Å². The molecule has 1 aromatic carbocycles. The first-order valence-electron chi connectivity index (χ1n) is 4.50. The molecule has 1 heterocycles. The Hall–Kier alpha value is -0.630. The monoisotopic (exact) mass is 411 g/mol. The van der Waals surface area contributed by atoms with E-state index in [2.05, 4.69) is 36.8 Å². The molecule has 0 aliphatic rings. The Balaban J connectivity index is 2.29. The zero-order chi connectivity index (χ0) is 13.3. The van der Waals surface area contributed by atoms with E-state index in [1.807, 2.05) is 6.07 Å². The van der Waals surface area contributed by atoms with Crippen molar-refractivity contribution in [3.63, 3.8) is 0 Å². The minimum absolute atomic E-state index is 0.0418. The van der Waals surface area contributed by atoms with E-state index < -0.39 is 5.97 Å². The highest BCUT2D eigenvalue weighted by Crippen LogP contribution is 2.36. The SMILES string of the molecule is O=C(O)c1sc(Oc2ccc(Br)cc2Br)nc1Cl. The molecule has 0 aliphatic heterocycles. The summed E-state index contributed by atoms with van der Waals surface area (Å²) < 4.78 is 7.08. The second-order valence-electron chi connectivity index (χ2n) is 3.08. The number of hydrogen-bond acceptors (Lipinski definition) is 4. The smallest absolute Gasteiger partial charge is 0.349 e. The predicted molar refractivity (Wildman–Crippen MR) is 76.0 cm³/mol. The van der Waals surface area contributed by atoms with E-state index in [1.165, 1.54) is 0 Å². The fraction of sp³-hybridized carbons (Fsp3) is 0. The Kier molecular flexibility index (Phi) is 4.26. The summed E-state index contributed by atoms with van der Waals surface area (Å²) in [4.78, 5) is 14.6. The Bertz CT molecular complexity index is 617. The normalized spacial score (nSPS) is 10.4. The molecule has 0 atom stereocenters. The molecule has 18 heavy (non-hydrogen) atoms. The molecule has 2 aromatic rings. The van der Waals surface area contributed by atoms with Crippen molar-refractivity contribution >= 4 is 60.8 Å². The summed E-state index contributed by atoms with van der Waals surface area (Å²) in [6.07, 6.45) is 0. The van der Waals surface area contributed by atoms with Crippen molar-refractivity contribution in [2.24, 2.45) is 0 Å². The van der Waals surface area contributed by atoms with E-state index >= 15 is 0 Å². The van der Waals surface area contributed by atoms with Gasteiger partial charge in [0.25, 0.3) is 5.19 Å². The van der Waals surface area contributed by atoms with Crippen LogP contribution < -0.4 is 4.74 Å². The maximum absolute atomic E-state index is 10.8. The van der Waals surface area contributed by atoms with Gasteiger partial charge in [0.1, 0.15) is 5.75 Å². The summed E-state index contributed by atoms with van der Waals surface area (Å²) in [5.41, 5.74) is 0. The molecule has 2 rings (SSSR count). The molecule has 0 radical (unpaired) electrons. The molecule has 0 spiro atoms. The highest BCUT2D eigenvalue weighted by Gasteiger charge is 2.17. The average molecular weight is 413 g/mol. The molecule has 4 nitrogen and oxygen atoms in total. The van der Waals surface area contributed by atoms with Gasteiger partial charge in [-0.25, -0.2) is 4.79 Å². The lowest BCUT2D eigenvalue weighted by molar-refractivity contribution is 0.0702. The molecule has 0 saturated carbocycles. The number of carbonyl (C=O) groups is 1. The lowest BCUT2D eigenvalue weighted by Gasteiger charge is -2.04. The topological polar surface area (TPSA) is 59.4 Å². The average Bonchev–Trinajstić information content (AvgIpc) is 2.64. The minimum atomic E-state index is -1.12. The molecule has 0 unspecified atom stereocenters. The van der Waals surface area contributed by atoms with E-state index in [0.29, 0.717) is 5.75 Å². The van der Waals surface area contributed by atoms with Gasteiger partial charge in [0.05, 0.1) is 4.47 Å². The van der Waals surface area contributed by atoms with Gasteiger partial charge < -0.3 is 9.84 Å². The molecular weight excluding hydrogens is 409 g/mol. The highest BCUT2D eigenvalue weighted by molar-refractivity contribution is 9.11. The van der Waals surface area contributed by atoms with E-state index in [4.69, 9.17) is 21.4 Å². The highest BCUT2D eigenvalue weighted by atomic mass is 79.9. The number of rotatable bonds is 3. The van der Waals surface area contributed by atoms with Gasteiger partial charge in [-0.3, -0.25) is 0 Å². The van der Waals surface area contributed by atoms with Crippen LogP contribution in [0.5, 0.6) is 10.9 Å². The number of halogens is 3. The van der Waals surface area contributed by atoms with Gasteiger partial charge in [-0.05, 0) is 34.1 Å². The Morgan fingerprint density at radius 1 is 1.44 bits per heavy atom. The summed E-state index contributed by atoms with van der Waals surface area (Å²) in [7, 11) is 0. The molecule has 0 bridgehead atoms. The van der Waals surface area contributed by atoms with Crippen LogP contribution in [-0.4, -0.2) is 16.1 Å².